The smallest absolute Gasteiger partial charge is 0.318 e. The van der Waals surface area contributed by atoms with Crippen molar-refractivity contribution in [2.75, 3.05) is 25.2 Å². The summed E-state index contributed by atoms with van der Waals surface area (Å²) in [6, 6.07) is 0.842. The van der Waals surface area contributed by atoms with E-state index in [9.17, 15) is 0 Å². The number of likely N-dealkylation sites (N-methyl/N-ethyl adjacent to an activating group) is 1. The van der Waals surface area contributed by atoms with Crippen LogP contribution in [0, 0.1) is 0 Å². The third-order valence-corrected chi connectivity index (χ3v) is 2.55. The second-order valence-corrected chi connectivity index (χ2v) is 3.51. The lowest BCUT2D eigenvalue weighted by Gasteiger charge is -2.19. The lowest BCUT2D eigenvalue weighted by Crippen LogP contribution is -2.31. The van der Waals surface area contributed by atoms with E-state index < -0.39 is 0 Å². The molecule has 0 N–H and O–H groups in total. The van der Waals surface area contributed by atoms with Gasteiger partial charge < -0.3 is 14.1 Å². The van der Waals surface area contributed by atoms with Gasteiger partial charge in [0.15, 0.2) is 0 Å². The molecule has 6 heteroatoms. The number of alkyl halides is 1. The molecule has 0 radical (unpaired) electrons. The summed E-state index contributed by atoms with van der Waals surface area (Å²) < 4.78 is 10.6. The topological polar surface area (TPSA) is 51.4 Å². The number of ether oxygens (including phenoxy) is 1. The maximum atomic E-state index is 5.57. The molecule has 0 aromatic carbocycles. The van der Waals surface area contributed by atoms with E-state index in [-0.39, 0.29) is 5.88 Å². The van der Waals surface area contributed by atoms with Gasteiger partial charge in [0.2, 0.25) is 5.89 Å². The average molecular weight is 218 g/mol. The van der Waals surface area contributed by atoms with Gasteiger partial charge in [-0.15, -0.1) is 16.7 Å². The SMILES string of the molecule is CN(c1nnc(CCl)o1)C1CCOC1. The number of hydrogen-bond acceptors (Lipinski definition) is 5. The normalized spacial score (nSPS) is 21.4. The molecule has 1 aromatic heterocycles. The number of anilines is 1. The lowest BCUT2D eigenvalue weighted by molar-refractivity contribution is 0.193. The molecule has 0 aliphatic carbocycles. The predicted molar refractivity (Wildman–Crippen MR) is 51.5 cm³/mol. The molecule has 1 aromatic rings. The number of halogens is 1. The van der Waals surface area contributed by atoms with Gasteiger partial charge in [0.05, 0.1) is 12.6 Å². The zero-order valence-electron chi connectivity index (χ0n) is 7.94. The van der Waals surface area contributed by atoms with Crippen LogP contribution in [0.1, 0.15) is 12.3 Å². The summed E-state index contributed by atoms with van der Waals surface area (Å²) in [5.41, 5.74) is 0. The van der Waals surface area contributed by atoms with Crippen LogP contribution in [0.2, 0.25) is 0 Å². The van der Waals surface area contributed by atoms with Crippen molar-refractivity contribution in [2.24, 2.45) is 0 Å². The van der Waals surface area contributed by atoms with E-state index >= 15 is 0 Å². The Kier molecular flexibility index (Phi) is 2.88. The Bertz CT molecular complexity index is 299. The Morgan fingerprint density at radius 3 is 3.00 bits per heavy atom. The molecular formula is C8H12ClN3O2. The predicted octanol–water partition coefficient (Wildman–Crippen LogP) is 1.03. The summed E-state index contributed by atoms with van der Waals surface area (Å²) >= 11 is 5.57. The van der Waals surface area contributed by atoms with E-state index in [4.69, 9.17) is 20.8 Å². The molecule has 78 valence electrons. The molecule has 0 spiro atoms. The minimum atomic E-state index is 0.252. The molecule has 1 atom stereocenters. The molecule has 1 unspecified atom stereocenters. The Morgan fingerprint density at radius 2 is 2.43 bits per heavy atom. The largest absolute Gasteiger partial charge is 0.407 e. The third kappa shape index (κ3) is 1.83. The second-order valence-electron chi connectivity index (χ2n) is 3.24. The highest BCUT2D eigenvalue weighted by Crippen LogP contribution is 2.18. The minimum absolute atomic E-state index is 0.252. The van der Waals surface area contributed by atoms with E-state index in [2.05, 4.69) is 10.2 Å². The van der Waals surface area contributed by atoms with Crippen molar-refractivity contribution < 1.29 is 9.15 Å². The number of nitrogens with zero attached hydrogens (tertiary/aromatic N) is 3. The quantitative estimate of drug-likeness (QED) is 0.708. The van der Waals surface area contributed by atoms with Crippen LogP contribution in [0.4, 0.5) is 6.01 Å². The van der Waals surface area contributed by atoms with Gasteiger partial charge in [-0.05, 0) is 6.42 Å². The standard InChI is InChI=1S/C8H12ClN3O2/c1-12(6-2-3-13-5-6)8-11-10-7(4-9)14-8/h6H,2-5H2,1H3. The number of rotatable bonds is 3. The van der Waals surface area contributed by atoms with Crippen LogP contribution in [0.25, 0.3) is 0 Å². The van der Waals surface area contributed by atoms with Crippen molar-refractivity contribution in [1.29, 1.82) is 0 Å². The van der Waals surface area contributed by atoms with E-state index in [1.165, 1.54) is 0 Å². The maximum Gasteiger partial charge on any atom is 0.318 e. The molecule has 2 rings (SSSR count). The van der Waals surface area contributed by atoms with Gasteiger partial charge in [-0.2, -0.15) is 0 Å². The Labute approximate surface area is 87.0 Å². The van der Waals surface area contributed by atoms with E-state index in [0.717, 1.165) is 19.6 Å². The highest BCUT2D eigenvalue weighted by Gasteiger charge is 2.23. The summed E-state index contributed by atoms with van der Waals surface area (Å²) in [5.74, 6) is 0.703. The zero-order chi connectivity index (χ0) is 9.97. The van der Waals surface area contributed by atoms with E-state index in [0.29, 0.717) is 17.9 Å². The minimum Gasteiger partial charge on any atom is -0.407 e. The van der Waals surface area contributed by atoms with Gasteiger partial charge in [-0.1, -0.05) is 5.10 Å². The first kappa shape index (κ1) is 9.73. The first-order chi connectivity index (χ1) is 6.81. The Balaban J connectivity index is 2.05. The van der Waals surface area contributed by atoms with Crippen LogP contribution in [-0.2, 0) is 10.6 Å². The average Bonchev–Trinajstić information content (AvgIpc) is 2.88. The van der Waals surface area contributed by atoms with Crippen LogP contribution < -0.4 is 4.90 Å². The monoisotopic (exact) mass is 217 g/mol. The number of hydrogen-bond donors (Lipinski definition) is 0. The summed E-state index contributed by atoms with van der Waals surface area (Å²) in [6.07, 6.45) is 0.995. The molecule has 5 nitrogen and oxygen atoms in total. The third-order valence-electron chi connectivity index (χ3n) is 2.33. The van der Waals surface area contributed by atoms with Crippen molar-refractivity contribution >= 4 is 17.6 Å². The Hall–Kier alpha value is -0.810. The van der Waals surface area contributed by atoms with Gasteiger partial charge >= 0.3 is 6.01 Å². The van der Waals surface area contributed by atoms with Gasteiger partial charge in [0.25, 0.3) is 0 Å². The summed E-state index contributed by atoms with van der Waals surface area (Å²) in [7, 11) is 1.92. The molecule has 1 aliphatic heterocycles. The highest BCUT2D eigenvalue weighted by molar-refractivity contribution is 6.16. The van der Waals surface area contributed by atoms with Gasteiger partial charge in [-0.25, -0.2) is 0 Å². The molecule has 1 aliphatic rings. The maximum absolute atomic E-state index is 5.57. The summed E-state index contributed by atoms with van der Waals surface area (Å²) in [6.45, 7) is 1.51. The van der Waals surface area contributed by atoms with Crippen LogP contribution in [-0.4, -0.2) is 36.5 Å². The second kappa shape index (κ2) is 4.14. The van der Waals surface area contributed by atoms with Crippen LogP contribution in [0.3, 0.4) is 0 Å². The molecule has 0 amide bonds. The first-order valence-corrected chi connectivity index (χ1v) is 5.03. The van der Waals surface area contributed by atoms with Crippen molar-refractivity contribution in [3.8, 4) is 0 Å². The van der Waals surface area contributed by atoms with Crippen molar-refractivity contribution in [2.45, 2.75) is 18.3 Å². The fraction of sp³-hybridized carbons (Fsp3) is 0.750. The van der Waals surface area contributed by atoms with Crippen molar-refractivity contribution in [1.82, 2.24) is 10.2 Å². The summed E-state index contributed by atoms with van der Waals surface area (Å²) in [5, 5.41) is 7.70. The Morgan fingerprint density at radius 1 is 1.57 bits per heavy atom. The molecule has 0 saturated carbocycles. The fourth-order valence-corrected chi connectivity index (χ4v) is 1.53. The molecule has 1 saturated heterocycles. The van der Waals surface area contributed by atoms with Crippen molar-refractivity contribution in [3.05, 3.63) is 5.89 Å². The lowest BCUT2D eigenvalue weighted by atomic mass is 10.2. The first-order valence-electron chi connectivity index (χ1n) is 4.50. The van der Waals surface area contributed by atoms with Gasteiger partial charge in [-0.3, -0.25) is 0 Å². The molecule has 14 heavy (non-hydrogen) atoms. The number of aromatic nitrogens is 2. The van der Waals surface area contributed by atoms with E-state index in [1.54, 1.807) is 0 Å². The fourth-order valence-electron chi connectivity index (χ4n) is 1.42. The van der Waals surface area contributed by atoms with Crippen LogP contribution >= 0.6 is 11.6 Å². The van der Waals surface area contributed by atoms with E-state index in [1.807, 2.05) is 11.9 Å². The molecule has 2 heterocycles. The van der Waals surface area contributed by atoms with Crippen LogP contribution in [0.5, 0.6) is 0 Å². The summed E-state index contributed by atoms with van der Waals surface area (Å²) in [4.78, 5) is 1.94. The zero-order valence-corrected chi connectivity index (χ0v) is 8.70. The van der Waals surface area contributed by atoms with Crippen molar-refractivity contribution in [3.63, 3.8) is 0 Å². The highest BCUT2D eigenvalue weighted by atomic mass is 35.5. The van der Waals surface area contributed by atoms with Crippen LogP contribution in [0.15, 0.2) is 4.42 Å². The van der Waals surface area contributed by atoms with Gasteiger partial charge in [0.1, 0.15) is 5.88 Å². The molecule has 1 fully saturated rings. The molecular weight excluding hydrogens is 206 g/mol. The molecule has 0 bridgehead atoms. The van der Waals surface area contributed by atoms with Gasteiger partial charge in [0, 0.05) is 13.7 Å².